The predicted octanol–water partition coefficient (Wildman–Crippen LogP) is 3.88. The van der Waals surface area contributed by atoms with E-state index < -0.39 is 5.82 Å². The number of hydrogen-bond donors (Lipinski definition) is 1. The molecule has 0 amide bonds. The van der Waals surface area contributed by atoms with E-state index in [1.165, 1.54) is 17.7 Å². The highest BCUT2D eigenvalue weighted by molar-refractivity contribution is 9.10. The van der Waals surface area contributed by atoms with Crippen molar-refractivity contribution in [3.8, 4) is 11.8 Å². The standard InChI is InChI=1S/C16H12BrFN2O/c17-12-1-4-16-10(5-12)7-14(21-16)9-20-13-2-3-15(18)11(6-13)8-19/h1-6,14,20H,7,9H2. The van der Waals surface area contributed by atoms with Crippen LogP contribution >= 0.6 is 15.9 Å². The van der Waals surface area contributed by atoms with Gasteiger partial charge in [-0.25, -0.2) is 4.39 Å². The highest BCUT2D eigenvalue weighted by atomic mass is 79.9. The van der Waals surface area contributed by atoms with Crippen molar-refractivity contribution in [2.45, 2.75) is 12.5 Å². The lowest BCUT2D eigenvalue weighted by Crippen LogP contribution is -2.24. The number of fused-ring (bicyclic) bond motifs is 1. The second-order valence-corrected chi connectivity index (χ2v) is 5.80. The van der Waals surface area contributed by atoms with Crippen LogP contribution in [0.15, 0.2) is 40.9 Å². The highest BCUT2D eigenvalue weighted by Crippen LogP contribution is 2.31. The van der Waals surface area contributed by atoms with Crippen LogP contribution < -0.4 is 10.1 Å². The summed E-state index contributed by atoms with van der Waals surface area (Å²) in [6.45, 7) is 0.600. The number of ether oxygens (including phenoxy) is 1. The van der Waals surface area contributed by atoms with E-state index in [2.05, 4.69) is 27.3 Å². The molecule has 1 atom stereocenters. The molecule has 2 aromatic carbocycles. The Kier molecular flexibility index (Phi) is 3.80. The molecule has 0 radical (unpaired) electrons. The Morgan fingerprint density at radius 2 is 2.19 bits per heavy atom. The van der Waals surface area contributed by atoms with E-state index in [4.69, 9.17) is 10.00 Å². The molecule has 2 aromatic rings. The summed E-state index contributed by atoms with van der Waals surface area (Å²) in [7, 11) is 0. The van der Waals surface area contributed by atoms with Crippen LogP contribution in [0.1, 0.15) is 11.1 Å². The number of nitrogens with zero attached hydrogens (tertiary/aromatic N) is 1. The maximum atomic E-state index is 13.2. The van der Waals surface area contributed by atoms with Crippen LogP contribution in [0, 0.1) is 17.1 Å². The third-order valence-electron chi connectivity index (χ3n) is 3.38. The Balaban J connectivity index is 1.64. The van der Waals surface area contributed by atoms with Gasteiger partial charge < -0.3 is 10.1 Å². The van der Waals surface area contributed by atoms with Crippen molar-refractivity contribution in [1.29, 1.82) is 5.26 Å². The van der Waals surface area contributed by atoms with Gasteiger partial charge in [0.2, 0.25) is 0 Å². The fourth-order valence-electron chi connectivity index (χ4n) is 2.36. The first-order valence-electron chi connectivity index (χ1n) is 6.54. The van der Waals surface area contributed by atoms with E-state index in [-0.39, 0.29) is 11.7 Å². The molecule has 0 aliphatic carbocycles. The van der Waals surface area contributed by atoms with Crippen LogP contribution in [-0.4, -0.2) is 12.6 Å². The summed E-state index contributed by atoms with van der Waals surface area (Å²) in [4.78, 5) is 0. The predicted molar refractivity (Wildman–Crippen MR) is 81.9 cm³/mol. The summed E-state index contributed by atoms with van der Waals surface area (Å²) >= 11 is 3.45. The molecule has 1 N–H and O–H groups in total. The lowest BCUT2D eigenvalue weighted by Gasteiger charge is -2.13. The fraction of sp³-hybridized carbons (Fsp3) is 0.188. The molecule has 1 unspecified atom stereocenters. The van der Waals surface area contributed by atoms with E-state index in [1.807, 2.05) is 18.2 Å². The summed E-state index contributed by atoms with van der Waals surface area (Å²) in [6, 6.07) is 12.2. The second-order valence-electron chi connectivity index (χ2n) is 4.88. The average Bonchev–Trinajstić information content (AvgIpc) is 2.88. The Morgan fingerprint density at radius 1 is 1.33 bits per heavy atom. The zero-order valence-electron chi connectivity index (χ0n) is 11.1. The minimum absolute atomic E-state index is 0.0323. The molecule has 1 heterocycles. The van der Waals surface area contributed by atoms with Gasteiger partial charge in [0.15, 0.2) is 0 Å². The first-order chi connectivity index (χ1) is 10.2. The normalized spacial score (nSPS) is 16.0. The van der Waals surface area contributed by atoms with E-state index in [1.54, 1.807) is 6.07 Å². The zero-order chi connectivity index (χ0) is 14.8. The molecule has 1 aliphatic heterocycles. The van der Waals surface area contributed by atoms with Crippen molar-refractivity contribution in [1.82, 2.24) is 0 Å². The van der Waals surface area contributed by atoms with Crippen LogP contribution in [0.2, 0.25) is 0 Å². The number of benzene rings is 2. The maximum absolute atomic E-state index is 13.2. The van der Waals surface area contributed by atoms with Gasteiger partial charge in [-0.1, -0.05) is 15.9 Å². The SMILES string of the molecule is N#Cc1cc(NCC2Cc3cc(Br)ccc3O2)ccc1F. The first kappa shape index (κ1) is 13.9. The first-order valence-corrected chi connectivity index (χ1v) is 7.33. The molecule has 21 heavy (non-hydrogen) atoms. The molecule has 0 saturated carbocycles. The van der Waals surface area contributed by atoms with Gasteiger partial charge in [-0.05, 0) is 42.0 Å². The van der Waals surface area contributed by atoms with Crippen LogP contribution in [0.5, 0.6) is 5.75 Å². The van der Waals surface area contributed by atoms with E-state index in [0.29, 0.717) is 12.2 Å². The van der Waals surface area contributed by atoms with E-state index in [9.17, 15) is 4.39 Å². The van der Waals surface area contributed by atoms with Gasteiger partial charge in [0, 0.05) is 16.6 Å². The summed E-state index contributed by atoms with van der Waals surface area (Å²) in [5, 5.41) is 12.0. The Bertz CT molecular complexity index is 727. The number of anilines is 1. The molecular formula is C16H12BrFN2O. The number of rotatable bonds is 3. The number of hydrogen-bond acceptors (Lipinski definition) is 3. The van der Waals surface area contributed by atoms with Crippen LogP contribution in [0.25, 0.3) is 0 Å². The van der Waals surface area contributed by atoms with Crippen LogP contribution in [0.4, 0.5) is 10.1 Å². The number of nitriles is 1. The Morgan fingerprint density at radius 3 is 3.00 bits per heavy atom. The summed E-state index contributed by atoms with van der Waals surface area (Å²) in [5.74, 6) is 0.402. The van der Waals surface area contributed by atoms with Gasteiger partial charge in [-0.15, -0.1) is 0 Å². The molecular weight excluding hydrogens is 335 g/mol. The second kappa shape index (κ2) is 5.74. The molecule has 5 heteroatoms. The monoisotopic (exact) mass is 346 g/mol. The van der Waals surface area contributed by atoms with Crippen molar-refractivity contribution < 1.29 is 9.13 Å². The third kappa shape index (κ3) is 3.01. The lowest BCUT2D eigenvalue weighted by molar-refractivity contribution is 0.246. The molecule has 0 saturated heterocycles. The van der Waals surface area contributed by atoms with Gasteiger partial charge in [0.25, 0.3) is 0 Å². The fourth-order valence-corrected chi connectivity index (χ4v) is 2.76. The molecule has 0 fully saturated rings. The van der Waals surface area contributed by atoms with Gasteiger partial charge in [-0.2, -0.15) is 5.26 Å². The number of nitrogens with one attached hydrogen (secondary N) is 1. The average molecular weight is 347 g/mol. The lowest BCUT2D eigenvalue weighted by atomic mass is 10.1. The summed E-state index contributed by atoms with van der Waals surface area (Å²) in [5.41, 5.74) is 1.93. The molecule has 3 rings (SSSR count). The van der Waals surface area contributed by atoms with E-state index >= 15 is 0 Å². The van der Waals surface area contributed by atoms with E-state index in [0.717, 1.165) is 16.6 Å². The van der Waals surface area contributed by atoms with Crippen molar-refractivity contribution in [2.75, 3.05) is 11.9 Å². The smallest absolute Gasteiger partial charge is 0.141 e. The van der Waals surface area contributed by atoms with Crippen molar-refractivity contribution in [2.24, 2.45) is 0 Å². The zero-order valence-corrected chi connectivity index (χ0v) is 12.7. The van der Waals surface area contributed by atoms with Crippen molar-refractivity contribution in [3.05, 3.63) is 57.8 Å². The molecule has 3 nitrogen and oxygen atoms in total. The van der Waals surface area contributed by atoms with Gasteiger partial charge in [0.1, 0.15) is 23.7 Å². The van der Waals surface area contributed by atoms with Gasteiger partial charge in [-0.3, -0.25) is 0 Å². The van der Waals surface area contributed by atoms with Crippen molar-refractivity contribution >= 4 is 21.6 Å². The Labute approximate surface area is 130 Å². The molecule has 0 aromatic heterocycles. The minimum Gasteiger partial charge on any atom is -0.488 e. The molecule has 1 aliphatic rings. The molecule has 0 bridgehead atoms. The molecule has 0 spiro atoms. The summed E-state index contributed by atoms with van der Waals surface area (Å²) in [6.07, 6.45) is 0.860. The highest BCUT2D eigenvalue weighted by Gasteiger charge is 2.22. The van der Waals surface area contributed by atoms with Gasteiger partial charge >= 0.3 is 0 Å². The topological polar surface area (TPSA) is 45.0 Å². The van der Waals surface area contributed by atoms with Crippen molar-refractivity contribution in [3.63, 3.8) is 0 Å². The number of halogens is 2. The van der Waals surface area contributed by atoms with Gasteiger partial charge in [0.05, 0.1) is 12.1 Å². The quantitative estimate of drug-likeness (QED) is 0.917. The third-order valence-corrected chi connectivity index (χ3v) is 3.88. The van der Waals surface area contributed by atoms with Crippen LogP contribution in [-0.2, 0) is 6.42 Å². The maximum Gasteiger partial charge on any atom is 0.141 e. The minimum atomic E-state index is -0.502. The largest absolute Gasteiger partial charge is 0.488 e. The molecule has 106 valence electrons. The van der Waals surface area contributed by atoms with Crippen LogP contribution in [0.3, 0.4) is 0 Å². The summed E-state index contributed by atoms with van der Waals surface area (Å²) < 4.78 is 20.1. The Hall–Kier alpha value is -2.06.